The molecule has 2 amide bonds. The van der Waals surface area contributed by atoms with Gasteiger partial charge in [-0.3, -0.25) is 9.59 Å². The largest absolute Gasteiger partial charge is 0.494 e. The highest BCUT2D eigenvalue weighted by Gasteiger charge is 2.62. The fourth-order valence-electron chi connectivity index (χ4n) is 4.88. The fraction of sp³-hybridized carbons (Fsp3) is 0.364. The monoisotopic (exact) mass is 377 g/mol. The number of hydrazine groups is 1. The van der Waals surface area contributed by atoms with Gasteiger partial charge in [0.15, 0.2) is 0 Å². The molecule has 3 saturated heterocycles. The molecule has 2 aromatic rings. The van der Waals surface area contributed by atoms with Gasteiger partial charge in [-0.15, -0.1) is 0 Å². The summed E-state index contributed by atoms with van der Waals surface area (Å²) in [5.41, 5.74) is 1.71. The molecule has 144 valence electrons. The number of rotatable bonds is 4. The average molecular weight is 377 g/mol. The second-order valence-corrected chi connectivity index (χ2v) is 7.44. The van der Waals surface area contributed by atoms with Gasteiger partial charge in [0.2, 0.25) is 5.91 Å². The van der Waals surface area contributed by atoms with Gasteiger partial charge < -0.3 is 4.74 Å². The molecule has 3 aliphatic rings. The number of hydrogen-bond acceptors (Lipinski definition) is 5. The van der Waals surface area contributed by atoms with Crippen molar-refractivity contribution in [2.24, 2.45) is 5.92 Å². The first kappa shape index (κ1) is 17.4. The molecular formula is C22H23N3O3. The molecule has 0 unspecified atom stereocenters. The third-order valence-electron chi connectivity index (χ3n) is 5.95. The van der Waals surface area contributed by atoms with Crippen LogP contribution in [0.3, 0.4) is 0 Å². The van der Waals surface area contributed by atoms with E-state index in [9.17, 15) is 9.59 Å². The minimum Gasteiger partial charge on any atom is -0.494 e. The number of fused-ring (bicyclic) bond motifs is 3. The van der Waals surface area contributed by atoms with Gasteiger partial charge in [-0.1, -0.05) is 30.3 Å². The molecule has 6 heteroatoms. The number of amides is 2. The van der Waals surface area contributed by atoms with Crippen molar-refractivity contribution < 1.29 is 14.3 Å². The van der Waals surface area contributed by atoms with E-state index in [4.69, 9.17) is 4.74 Å². The fourth-order valence-corrected chi connectivity index (χ4v) is 4.88. The molecule has 0 aromatic heterocycles. The zero-order valence-electron chi connectivity index (χ0n) is 15.8. The van der Waals surface area contributed by atoms with E-state index in [-0.39, 0.29) is 23.8 Å². The number of imide groups is 1. The van der Waals surface area contributed by atoms with Crippen LogP contribution in [0.15, 0.2) is 54.6 Å². The van der Waals surface area contributed by atoms with Gasteiger partial charge in [0.1, 0.15) is 11.8 Å². The van der Waals surface area contributed by atoms with Gasteiger partial charge in [0, 0.05) is 13.1 Å². The normalized spacial score (nSPS) is 27.3. The van der Waals surface area contributed by atoms with Crippen LogP contribution in [0.5, 0.6) is 5.75 Å². The Hall–Kier alpha value is -2.70. The van der Waals surface area contributed by atoms with E-state index in [1.807, 2.05) is 37.3 Å². The van der Waals surface area contributed by atoms with E-state index < -0.39 is 6.04 Å². The predicted octanol–water partition coefficient (Wildman–Crippen LogP) is 2.62. The summed E-state index contributed by atoms with van der Waals surface area (Å²) in [6.45, 7) is 4.21. The summed E-state index contributed by atoms with van der Waals surface area (Å²) in [5, 5.41) is 4.35. The third-order valence-corrected chi connectivity index (χ3v) is 5.95. The number of ether oxygens (including phenoxy) is 1. The third kappa shape index (κ3) is 2.48. The van der Waals surface area contributed by atoms with Gasteiger partial charge in [0.25, 0.3) is 5.91 Å². The highest BCUT2D eigenvalue weighted by atomic mass is 16.5. The van der Waals surface area contributed by atoms with Gasteiger partial charge in [-0.05, 0) is 43.2 Å². The highest BCUT2D eigenvalue weighted by Crippen LogP contribution is 2.48. The van der Waals surface area contributed by atoms with Crippen LogP contribution in [0.1, 0.15) is 24.9 Å². The van der Waals surface area contributed by atoms with Crippen LogP contribution in [-0.2, 0) is 9.59 Å². The molecule has 3 atom stereocenters. The molecule has 3 fully saturated rings. The van der Waals surface area contributed by atoms with Crippen molar-refractivity contribution in [2.75, 3.05) is 24.6 Å². The van der Waals surface area contributed by atoms with E-state index in [1.54, 1.807) is 12.1 Å². The van der Waals surface area contributed by atoms with E-state index >= 15 is 0 Å². The molecular weight excluding hydrogens is 354 g/mol. The lowest BCUT2D eigenvalue weighted by molar-refractivity contribution is -0.126. The van der Waals surface area contributed by atoms with E-state index in [0.29, 0.717) is 12.3 Å². The number of carbonyl (C=O) groups excluding carboxylic acids is 2. The van der Waals surface area contributed by atoms with E-state index in [2.05, 4.69) is 22.2 Å². The van der Waals surface area contributed by atoms with Crippen LogP contribution in [0.4, 0.5) is 5.69 Å². The second kappa shape index (κ2) is 6.72. The first-order valence-electron chi connectivity index (χ1n) is 9.89. The summed E-state index contributed by atoms with van der Waals surface area (Å²) in [6, 6.07) is 16.8. The van der Waals surface area contributed by atoms with Crippen molar-refractivity contribution >= 4 is 17.5 Å². The van der Waals surface area contributed by atoms with Crippen LogP contribution in [-0.4, -0.2) is 47.6 Å². The van der Waals surface area contributed by atoms with Crippen LogP contribution in [0.2, 0.25) is 0 Å². The van der Waals surface area contributed by atoms with Gasteiger partial charge in [0.05, 0.1) is 24.3 Å². The number of nitrogens with zero attached hydrogens (tertiary/aromatic N) is 3. The summed E-state index contributed by atoms with van der Waals surface area (Å²) >= 11 is 0. The maximum absolute atomic E-state index is 13.4. The van der Waals surface area contributed by atoms with Gasteiger partial charge in [-0.25, -0.2) is 14.9 Å². The van der Waals surface area contributed by atoms with Crippen LogP contribution in [0, 0.1) is 5.92 Å². The number of hydrogen-bond donors (Lipinski definition) is 0. The zero-order valence-corrected chi connectivity index (χ0v) is 15.8. The Bertz CT molecular complexity index is 899. The molecule has 28 heavy (non-hydrogen) atoms. The lowest BCUT2D eigenvalue weighted by atomic mass is 9.90. The van der Waals surface area contributed by atoms with Crippen molar-refractivity contribution in [1.82, 2.24) is 10.0 Å². The smallest absolute Gasteiger partial charge is 0.253 e. The molecule has 5 rings (SSSR count). The summed E-state index contributed by atoms with van der Waals surface area (Å²) in [6.07, 6.45) is 1.01. The number of anilines is 1. The minimum absolute atomic E-state index is 0.0853. The molecule has 3 heterocycles. The first-order chi connectivity index (χ1) is 13.7. The molecule has 3 aliphatic heterocycles. The standard InChI is InChI=1S/C22H23N3O3/c1-2-28-17-11-9-16(10-12-17)25-21(26)18-19(15-7-4-3-5-8-15)23-13-6-14-24(23)20(18)22(25)27/h3-5,7-12,18-20H,2,6,13-14H2,1H3/t18-,19+,20+/m0/s1. The lowest BCUT2D eigenvalue weighted by Gasteiger charge is -2.29. The number of carbonyl (C=O) groups is 2. The van der Waals surface area contributed by atoms with Crippen molar-refractivity contribution in [2.45, 2.75) is 25.4 Å². The Balaban J connectivity index is 1.52. The molecule has 0 N–H and O–H groups in total. The Morgan fingerprint density at radius 2 is 1.57 bits per heavy atom. The van der Waals surface area contributed by atoms with Gasteiger partial charge >= 0.3 is 0 Å². The SMILES string of the molecule is CCOc1ccc(N2C(=O)[C@H]3[C@@H](c4ccccc4)N4CCCN4[C@H]3C2=O)cc1. The van der Waals surface area contributed by atoms with Gasteiger partial charge in [-0.2, -0.15) is 0 Å². The Kier molecular flexibility index (Phi) is 4.18. The maximum atomic E-state index is 13.4. The second-order valence-electron chi connectivity index (χ2n) is 7.44. The van der Waals surface area contributed by atoms with Crippen molar-refractivity contribution in [1.29, 1.82) is 0 Å². The summed E-state index contributed by atoms with van der Waals surface area (Å²) in [4.78, 5) is 28.1. The molecule has 0 radical (unpaired) electrons. The van der Waals surface area contributed by atoms with Crippen LogP contribution < -0.4 is 9.64 Å². The molecule has 0 bridgehead atoms. The highest BCUT2D eigenvalue weighted by molar-refractivity contribution is 6.24. The summed E-state index contributed by atoms with van der Waals surface area (Å²) in [7, 11) is 0. The molecule has 0 spiro atoms. The van der Waals surface area contributed by atoms with Crippen molar-refractivity contribution in [3.05, 3.63) is 60.2 Å². The zero-order chi connectivity index (χ0) is 19.3. The molecule has 0 saturated carbocycles. The predicted molar refractivity (Wildman–Crippen MR) is 105 cm³/mol. The van der Waals surface area contributed by atoms with Crippen molar-refractivity contribution in [3.8, 4) is 5.75 Å². The Labute approximate surface area is 164 Å². The molecule has 2 aromatic carbocycles. The molecule has 6 nitrogen and oxygen atoms in total. The van der Waals surface area contributed by atoms with E-state index in [0.717, 1.165) is 30.8 Å². The van der Waals surface area contributed by atoms with Crippen LogP contribution >= 0.6 is 0 Å². The average Bonchev–Trinajstić information content (AvgIpc) is 3.36. The van der Waals surface area contributed by atoms with Crippen molar-refractivity contribution in [3.63, 3.8) is 0 Å². The van der Waals surface area contributed by atoms with E-state index in [1.165, 1.54) is 4.90 Å². The first-order valence-corrected chi connectivity index (χ1v) is 9.89. The lowest BCUT2D eigenvalue weighted by Crippen LogP contribution is -2.44. The topological polar surface area (TPSA) is 53.1 Å². The summed E-state index contributed by atoms with van der Waals surface area (Å²) < 4.78 is 5.48. The Morgan fingerprint density at radius 1 is 0.893 bits per heavy atom. The minimum atomic E-state index is -0.410. The molecule has 0 aliphatic carbocycles. The Morgan fingerprint density at radius 3 is 2.25 bits per heavy atom. The van der Waals surface area contributed by atoms with Crippen LogP contribution in [0.25, 0.3) is 0 Å². The maximum Gasteiger partial charge on any atom is 0.253 e. The summed E-state index contributed by atoms with van der Waals surface area (Å²) in [5.74, 6) is 0.132. The number of benzene rings is 2. The quantitative estimate of drug-likeness (QED) is 0.767.